The van der Waals surface area contributed by atoms with Crippen LogP contribution in [0.4, 0.5) is 10.1 Å². The van der Waals surface area contributed by atoms with Crippen LogP contribution in [0.2, 0.25) is 0 Å². The number of carbonyl (C=O) groups excluding carboxylic acids is 1. The molecule has 1 aromatic carbocycles. The molecular formula is C18H24FN3O. The predicted molar refractivity (Wildman–Crippen MR) is 91.8 cm³/mol. The number of amides is 1. The lowest BCUT2D eigenvalue weighted by molar-refractivity contribution is -0.113. The van der Waals surface area contributed by atoms with Crippen LogP contribution in [0.3, 0.4) is 0 Å². The van der Waals surface area contributed by atoms with E-state index in [2.05, 4.69) is 17.2 Å². The van der Waals surface area contributed by atoms with E-state index in [4.69, 9.17) is 5.84 Å². The van der Waals surface area contributed by atoms with Gasteiger partial charge in [0.25, 0.3) is 5.91 Å². The maximum atomic E-state index is 13.9. The maximum Gasteiger partial charge on any atom is 0.256 e. The molecule has 0 aromatic heterocycles. The monoisotopic (exact) mass is 317 g/mol. The Morgan fingerprint density at radius 2 is 1.96 bits per heavy atom. The lowest BCUT2D eigenvalue weighted by Gasteiger charge is -2.14. The van der Waals surface area contributed by atoms with Crippen molar-refractivity contribution in [3.8, 4) is 11.8 Å². The minimum absolute atomic E-state index is 0.00594. The highest BCUT2D eigenvalue weighted by Gasteiger charge is 2.17. The standard InChI is InChI=1S/C18H24FN3O/c1-6-14(16(19)22(5)20)17(23)21-15-10-8-7-9-13(15)11-12-18(2,3)4/h7-10H,6,20H2,1-5H3,(H,21,23)/b16-14+. The minimum atomic E-state index is -0.747. The number of nitrogens with two attached hydrogens (primary N) is 1. The summed E-state index contributed by atoms with van der Waals surface area (Å²) in [5.41, 5.74) is 1.08. The molecule has 0 radical (unpaired) electrons. The number of benzene rings is 1. The molecule has 0 bridgehead atoms. The third-order valence-corrected chi connectivity index (χ3v) is 2.93. The van der Waals surface area contributed by atoms with Crippen molar-refractivity contribution in [3.05, 3.63) is 41.4 Å². The Kier molecular flexibility index (Phi) is 6.35. The van der Waals surface area contributed by atoms with Crippen LogP contribution in [0, 0.1) is 17.3 Å². The van der Waals surface area contributed by atoms with Crippen molar-refractivity contribution in [3.63, 3.8) is 0 Å². The molecule has 0 saturated heterocycles. The van der Waals surface area contributed by atoms with Crippen LogP contribution in [0.15, 0.2) is 35.8 Å². The van der Waals surface area contributed by atoms with Crippen molar-refractivity contribution >= 4 is 11.6 Å². The summed E-state index contributed by atoms with van der Waals surface area (Å²) in [6.45, 7) is 7.71. The fraction of sp³-hybridized carbons (Fsp3) is 0.389. The Morgan fingerprint density at radius 3 is 2.48 bits per heavy atom. The molecule has 3 N–H and O–H groups in total. The van der Waals surface area contributed by atoms with Gasteiger partial charge in [0.05, 0.1) is 11.3 Å². The first-order valence-corrected chi connectivity index (χ1v) is 7.46. The fourth-order valence-electron chi connectivity index (χ4n) is 1.77. The zero-order chi connectivity index (χ0) is 17.6. The fourth-order valence-corrected chi connectivity index (χ4v) is 1.77. The number of hydrogen-bond acceptors (Lipinski definition) is 3. The normalized spacial score (nSPS) is 12.0. The van der Waals surface area contributed by atoms with Crippen molar-refractivity contribution < 1.29 is 9.18 Å². The van der Waals surface area contributed by atoms with Crippen LogP contribution in [0.25, 0.3) is 0 Å². The van der Waals surface area contributed by atoms with Gasteiger partial charge in [-0.2, -0.15) is 4.39 Å². The number of hydrazine groups is 1. The molecule has 124 valence electrons. The lowest BCUT2D eigenvalue weighted by Crippen LogP contribution is -2.27. The van der Waals surface area contributed by atoms with E-state index in [1.165, 1.54) is 7.05 Å². The van der Waals surface area contributed by atoms with Gasteiger partial charge in [-0.3, -0.25) is 9.80 Å². The Bertz CT molecular complexity index is 661. The summed E-state index contributed by atoms with van der Waals surface area (Å²) in [5, 5.41) is 3.51. The van der Waals surface area contributed by atoms with Gasteiger partial charge in [-0.05, 0) is 39.3 Å². The molecule has 0 aliphatic carbocycles. The van der Waals surface area contributed by atoms with E-state index < -0.39 is 11.9 Å². The van der Waals surface area contributed by atoms with E-state index in [1.807, 2.05) is 32.9 Å². The van der Waals surface area contributed by atoms with Crippen LogP contribution in [-0.4, -0.2) is 18.0 Å². The lowest BCUT2D eigenvalue weighted by atomic mass is 9.97. The second-order valence-corrected chi connectivity index (χ2v) is 6.23. The van der Waals surface area contributed by atoms with E-state index in [1.54, 1.807) is 19.1 Å². The molecule has 4 nitrogen and oxygen atoms in total. The number of halogens is 1. The first kappa shape index (κ1) is 18.7. The Morgan fingerprint density at radius 1 is 1.35 bits per heavy atom. The van der Waals surface area contributed by atoms with Gasteiger partial charge in [-0.25, -0.2) is 5.84 Å². The number of nitrogens with one attached hydrogen (secondary N) is 1. The van der Waals surface area contributed by atoms with Gasteiger partial charge in [0.15, 0.2) is 0 Å². The van der Waals surface area contributed by atoms with Gasteiger partial charge in [0.2, 0.25) is 5.95 Å². The van der Waals surface area contributed by atoms with Gasteiger partial charge < -0.3 is 5.32 Å². The Labute approximate surface area is 137 Å². The first-order valence-electron chi connectivity index (χ1n) is 7.46. The van der Waals surface area contributed by atoms with E-state index in [0.717, 1.165) is 5.01 Å². The molecule has 0 atom stereocenters. The molecule has 1 rings (SSSR count). The van der Waals surface area contributed by atoms with Crippen molar-refractivity contribution in [1.82, 2.24) is 5.01 Å². The summed E-state index contributed by atoms with van der Waals surface area (Å²) in [4.78, 5) is 12.3. The number of anilines is 1. The molecular weight excluding hydrogens is 293 g/mol. The van der Waals surface area contributed by atoms with Gasteiger partial charge in [-0.15, -0.1) is 0 Å². The molecule has 0 aliphatic rings. The van der Waals surface area contributed by atoms with Crippen LogP contribution in [0.1, 0.15) is 39.7 Å². The third-order valence-electron chi connectivity index (χ3n) is 2.93. The first-order chi connectivity index (χ1) is 10.7. The number of para-hydroxylation sites is 1. The summed E-state index contributed by atoms with van der Waals surface area (Å²) in [6, 6.07) is 7.18. The summed E-state index contributed by atoms with van der Waals surface area (Å²) < 4.78 is 13.9. The maximum absolute atomic E-state index is 13.9. The van der Waals surface area contributed by atoms with Gasteiger partial charge in [-0.1, -0.05) is 30.9 Å². The quantitative estimate of drug-likeness (QED) is 0.294. The molecule has 1 amide bonds. The van der Waals surface area contributed by atoms with Crippen molar-refractivity contribution in [1.29, 1.82) is 0 Å². The predicted octanol–water partition coefficient (Wildman–Crippen LogP) is 3.42. The third kappa shape index (κ3) is 5.76. The molecule has 0 aliphatic heterocycles. The Hall–Kier alpha value is -2.32. The van der Waals surface area contributed by atoms with E-state index in [9.17, 15) is 9.18 Å². The van der Waals surface area contributed by atoms with Gasteiger partial charge in [0.1, 0.15) is 0 Å². The summed E-state index contributed by atoms with van der Waals surface area (Å²) in [5.74, 6) is 10.3. The van der Waals surface area contributed by atoms with Crippen LogP contribution < -0.4 is 11.2 Å². The second kappa shape index (κ2) is 7.80. The number of nitrogens with zero attached hydrogens (tertiary/aromatic N) is 1. The largest absolute Gasteiger partial charge is 0.321 e. The van der Waals surface area contributed by atoms with Gasteiger partial charge in [0, 0.05) is 18.0 Å². The zero-order valence-electron chi connectivity index (χ0n) is 14.3. The van der Waals surface area contributed by atoms with Crippen molar-refractivity contribution in [2.45, 2.75) is 34.1 Å². The second-order valence-electron chi connectivity index (χ2n) is 6.23. The summed E-state index contributed by atoms with van der Waals surface area (Å²) in [7, 11) is 1.35. The number of rotatable bonds is 4. The van der Waals surface area contributed by atoms with Crippen LogP contribution in [-0.2, 0) is 4.79 Å². The Balaban J connectivity index is 3.12. The zero-order valence-corrected chi connectivity index (χ0v) is 14.3. The molecule has 23 heavy (non-hydrogen) atoms. The molecule has 0 unspecified atom stereocenters. The minimum Gasteiger partial charge on any atom is -0.321 e. The molecule has 5 heteroatoms. The summed E-state index contributed by atoms with van der Waals surface area (Å²) in [6.07, 6.45) is 0.231. The molecule has 0 fully saturated rings. The smallest absolute Gasteiger partial charge is 0.256 e. The highest BCUT2D eigenvalue weighted by atomic mass is 19.1. The van der Waals surface area contributed by atoms with E-state index >= 15 is 0 Å². The molecule has 1 aromatic rings. The topological polar surface area (TPSA) is 58.4 Å². The summed E-state index contributed by atoms with van der Waals surface area (Å²) >= 11 is 0. The number of carbonyl (C=O) groups is 1. The van der Waals surface area contributed by atoms with Crippen molar-refractivity contribution in [2.75, 3.05) is 12.4 Å². The average molecular weight is 317 g/mol. The number of hydrogen-bond donors (Lipinski definition) is 2. The molecule has 0 heterocycles. The highest BCUT2D eigenvalue weighted by molar-refractivity contribution is 6.04. The van der Waals surface area contributed by atoms with E-state index in [-0.39, 0.29) is 17.4 Å². The van der Waals surface area contributed by atoms with Crippen LogP contribution in [0.5, 0.6) is 0 Å². The van der Waals surface area contributed by atoms with Crippen LogP contribution >= 0.6 is 0 Å². The van der Waals surface area contributed by atoms with Gasteiger partial charge >= 0.3 is 0 Å². The van der Waals surface area contributed by atoms with Crippen molar-refractivity contribution in [2.24, 2.45) is 11.3 Å². The average Bonchev–Trinajstić information content (AvgIpc) is 2.46. The van der Waals surface area contributed by atoms with E-state index in [0.29, 0.717) is 11.3 Å². The SMILES string of the molecule is CC/C(C(=O)Nc1ccccc1C#CC(C)(C)C)=C(/F)N(C)N. The molecule has 0 spiro atoms. The highest BCUT2D eigenvalue weighted by Crippen LogP contribution is 2.19. The molecule has 0 saturated carbocycles.